The van der Waals surface area contributed by atoms with Crippen LogP contribution in [0, 0.1) is 12.7 Å². The molecule has 0 saturated carbocycles. The van der Waals surface area contributed by atoms with Crippen LogP contribution in [-0.4, -0.2) is 27.5 Å². The summed E-state index contributed by atoms with van der Waals surface area (Å²) in [5.41, 5.74) is 0.418. The highest BCUT2D eigenvalue weighted by molar-refractivity contribution is 7.89. The van der Waals surface area contributed by atoms with Crippen molar-refractivity contribution < 1.29 is 12.8 Å². The summed E-state index contributed by atoms with van der Waals surface area (Å²) in [5, 5.41) is 3.22. The second kappa shape index (κ2) is 6.65. The summed E-state index contributed by atoms with van der Waals surface area (Å²) >= 11 is 0. The summed E-state index contributed by atoms with van der Waals surface area (Å²) in [4.78, 5) is 0.141. The number of benzene rings is 1. The van der Waals surface area contributed by atoms with Gasteiger partial charge >= 0.3 is 0 Å². The van der Waals surface area contributed by atoms with E-state index in [4.69, 9.17) is 0 Å². The van der Waals surface area contributed by atoms with Gasteiger partial charge in [0, 0.05) is 12.6 Å². The summed E-state index contributed by atoms with van der Waals surface area (Å²) in [6, 6.07) is 3.88. The van der Waals surface area contributed by atoms with E-state index in [1.807, 2.05) is 0 Å². The normalized spacial score (nSPS) is 19.2. The number of hydrogen-bond acceptors (Lipinski definition) is 3. The van der Waals surface area contributed by atoms with E-state index in [1.165, 1.54) is 12.1 Å². The van der Waals surface area contributed by atoms with Gasteiger partial charge in [0.05, 0.1) is 4.90 Å². The van der Waals surface area contributed by atoms with Gasteiger partial charge in [-0.3, -0.25) is 0 Å². The first-order chi connectivity index (χ1) is 8.49. The van der Waals surface area contributed by atoms with E-state index in [0.29, 0.717) is 12.1 Å². The highest BCUT2D eigenvalue weighted by atomic mass is 35.5. The molecule has 19 heavy (non-hydrogen) atoms. The molecule has 1 aromatic carbocycles. The van der Waals surface area contributed by atoms with Crippen LogP contribution in [0.4, 0.5) is 4.39 Å². The van der Waals surface area contributed by atoms with E-state index in [0.717, 1.165) is 25.5 Å². The van der Waals surface area contributed by atoms with Crippen LogP contribution in [0.2, 0.25) is 0 Å². The molecule has 0 spiro atoms. The lowest BCUT2D eigenvalue weighted by Crippen LogP contribution is -2.37. The Morgan fingerprint density at radius 3 is 2.79 bits per heavy atom. The van der Waals surface area contributed by atoms with E-state index in [2.05, 4.69) is 10.0 Å². The topological polar surface area (TPSA) is 58.2 Å². The molecule has 2 rings (SSSR count). The van der Waals surface area contributed by atoms with Crippen LogP contribution in [-0.2, 0) is 10.0 Å². The fraction of sp³-hybridized carbons (Fsp3) is 0.500. The molecule has 0 radical (unpaired) electrons. The predicted octanol–water partition coefficient (Wildman–Crippen LogP) is 1.59. The minimum atomic E-state index is -3.55. The fourth-order valence-electron chi connectivity index (χ4n) is 2.13. The number of rotatable bonds is 4. The third kappa shape index (κ3) is 4.14. The zero-order chi connectivity index (χ0) is 13.2. The Labute approximate surface area is 119 Å². The second-order valence-electron chi connectivity index (χ2n) is 4.55. The Kier molecular flexibility index (Phi) is 5.73. The number of hydrogen-bond donors (Lipinski definition) is 2. The van der Waals surface area contributed by atoms with Gasteiger partial charge in [0.1, 0.15) is 5.82 Å². The zero-order valence-electron chi connectivity index (χ0n) is 10.6. The lowest BCUT2D eigenvalue weighted by Gasteiger charge is -2.13. The van der Waals surface area contributed by atoms with Crippen molar-refractivity contribution in [2.24, 2.45) is 0 Å². The molecule has 1 aliphatic rings. The third-order valence-corrected chi connectivity index (χ3v) is 4.69. The summed E-state index contributed by atoms with van der Waals surface area (Å²) < 4.78 is 39.6. The van der Waals surface area contributed by atoms with E-state index in [-0.39, 0.29) is 23.3 Å². The van der Waals surface area contributed by atoms with E-state index < -0.39 is 15.8 Å². The molecule has 1 saturated heterocycles. The molecule has 108 valence electrons. The van der Waals surface area contributed by atoms with Gasteiger partial charge in [0.15, 0.2) is 0 Å². The highest BCUT2D eigenvalue weighted by Crippen LogP contribution is 2.16. The van der Waals surface area contributed by atoms with Crippen molar-refractivity contribution in [1.82, 2.24) is 10.0 Å². The Balaban J connectivity index is 0.00000180. The second-order valence-corrected chi connectivity index (χ2v) is 6.29. The minimum absolute atomic E-state index is 0. The van der Waals surface area contributed by atoms with Crippen molar-refractivity contribution in [3.05, 3.63) is 29.6 Å². The largest absolute Gasteiger partial charge is 0.313 e. The standard InChI is InChI=1S/C12H17FN2O2S.ClH/c1-9-7-10(13)4-5-12(9)18(16,17)15-8-11-3-2-6-14-11;/h4-5,7,11,14-15H,2-3,6,8H2,1H3;1H. The maximum atomic E-state index is 12.9. The van der Waals surface area contributed by atoms with Crippen LogP contribution in [0.25, 0.3) is 0 Å². The monoisotopic (exact) mass is 308 g/mol. The molecule has 0 aliphatic carbocycles. The third-order valence-electron chi connectivity index (χ3n) is 3.11. The zero-order valence-corrected chi connectivity index (χ0v) is 12.3. The van der Waals surface area contributed by atoms with Crippen LogP contribution in [0.5, 0.6) is 0 Å². The number of nitrogens with one attached hydrogen (secondary N) is 2. The van der Waals surface area contributed by atoms with Gasteiger partial charge in [0.25, 0.3) is 0 Å². The van der Waals surface area contributed by atoms with Crippen LogP contribution in [0.15, 0.2) is 23.1 Å². The maximum absolute atomic E-state index is 12.9. The molecule has 0 amide bonds. The number of halogens is 2. The average molecular weight is 309 g/mol. The molecule has 1 unspecified atom stereocenters. The summed E-state index contributed by atoms with van der Waals surface area (Å²) in [6.45, 7) is 2.90. The van der Waals surface area contributed by atoms with Gasteiger partial charge in [-0.1, -0.05) is 0 Å². The molecule has 1 atom stereocenters. The predicted molar refractivity (Wildman–Crippen MR) is 74.6 cm³/mol. The van der Waals surface area contributed by atoms with Crippen molar-refractivity contribution in [2.45, 2.75) is 30.7 Å². The Bertz CT molecular complexity index is 531. The minimum Gasteiger partial charge on any atom is -0.313 e. The molecule has 1 fully saturated rings. The lowest BCUT2D eigenvalue weighted by molar-refractivity contribution is 0.551. The van der Waals surface area contributed by atoms with Gasteiger partial charge < -0.3 is 5.32 Å². The summed E-state index contributed by atoms with van der Waals surface area (Å²) in [5.74, 6) is -0.427. The molecular formula is C12H18ClFN2O2S. The van der Waals surface area contributed by atoms with Gasteiger partial charge in [-0.15, -0.1) is 12.4 Å². The average Bonchev–Trinajstić information content (AvgIpc) is 2.78. The molecule has 1 aromatic rings. The number of aryl methyl sites for hydroxylation is 1. The Hall–Kier alpha value is -0.690. The van der Waals surface area contributed by atoms with E-state index in [9.17, 15) is 12.8 Å². The first kappa shape index (κ1) is 16.4. The molecular weight excluding hydrogens is 291 g/mol. The first-order valence-corrected chi connectivity index (χ1v) is 7.46. The number of sulfonamides is 1. The van der Waals surface area contributed by atoms with Crippen LogP contribution in [0.3, 0.4) is 0 Å². The van der Waals surface area contributed by atoms with Gasteiger partial charge in [0.2, 0.25) is 10.0 Å². The fourth-order valence-corrected chi connectivity index (χ4v) is 3.44. The highest BCUT2D eigenvalue weighted by Gasteiger charge is 2.20. The Morgan fingerprint density at radius 1 is 1.47 bits per heavy atom. The van der Waals surface area contributed by atoms with Crippen molar-refractivity contribution in [3.8, 4) is 0 Å². The van der Waals surface area contributed by atoms with Gasteiger partial charge in [-0.2, -0.15) is 0 Å². The van der Waals surface area contributed by atoms with E-state index in [1.54, 1.807) is 6.92 Å². The maximum Gasteiger partial charge on any atom is 0.240 e. The molecule has 0 bridgehead atoms. The van der Waals surface area contributed by atoms with Crippen LogP contribution < -0.4 is 10.0 Å². The van der Waals surface area contributed by atoms with Gasteiger partial charge in [-0.25, -0.2) is 17.5 Å². The van der Waals surface area contributed by atoms with Crippen molar-refractivity contribution in [3.63, 3.8) is 0 Å². The SMILES string of the molecule is Cc1cc(F)ccc1S(=O)(=O)NCC1CCCN1.Cl. The molecule has 1 heterocycles. The smallest absolute Gasteiger partial charge is 0.240 e. The van der Waals surface area contributed by atoms with Crippen molar-refractivity contribution in [2.75, 3.05) is 13.1 Å². The quantitative estimate of drug-likeness (QED) is 0.888. The van der Waals surface area contributed by atoms with Crippen molar-refractivity contribution >= 4 is 22.4 Å². The van der Waals surface area contributed by atoms with Crippen molar-refractivity contribution in [1.29, 1.82) is 0 Å². The first-order valence-electron chi connectivity index (χ1n) is 5.98. The Morgan fingerprint density at radius 2 is 2.21 bits per heavy atom. The summed E-state index contributed by atoms with van der Waals surface area (Å²) in [6.07, 6.45) is 2.05. The molecule has 1 aliphatic heterocycles. The summed E-state index contributed by atoms with van der Waals surface area (Å²) in [7, 11) is -3.55. The van der Waals surface area contributed by atoms with E-state index >= 15 is 0 Å². The molecule has 4 nitrogen and oxygen atoms in total. The van der Waals surface area contributed by atoms with Gasteiger partial charge in [-0.05, 0) is 50.1 Å². The molecule has 0 aromatic heterocycles. The molecule has 7 heteroatoms. The van der Waals surface area contributed by atoms with Crippen LogP contribution >= 0.6 is 12.4 Å². The lowest BCUT2D eigenvalue weighted by atomic mass is 10.2. The molecule has 2 N–H and O–H groups in total. The van der Waals surface area contributed by atoms with Crippen LogP contribution in [0.1, 0.15) is 18.4 Å².